The van der Waals surface area contributed by atoms with E-state index in [1.54, 1.807) is 7.11 Å². The number of rotatable bonds is 5. The van der Waals surface area contributed by atoms with Crippen molar-refractivity contribution < 1.29 is 9.53 Å². The first kappa shape index (κ1) is 16.7. The van der Waals surface area contributed by atoms with Gasteiger partial charge in [-0.3, -0.25) is 9.48 Å². The van der Waals surface area contributed by atoms with E-state index in [4.69, 9.17) is 4.74 Å². The van der Waals surface area contributed by atoms with Gasteiger partial charge in [-0.15, -0.1) is 0 Å². The Morgan fingerprint density at radius 2 is 2.29 bits per heavy atom. The van der Waals surface area contributed by atoms with Crippen molar-refractivity contribution in [3.05, 3.63) is 15.9 Å². The fourth-order valence-electron chi connectivity index (χ4n) is 3.41. The summed E-state index contributed by atoms with van der Waals surface area (Å²) in [5, 5.41) is 4.47. The van der Waals surface area contributed by atoms with E-state index in [1.807, 2.05) is 18.5 Å². The Morgan fingerprint density at radius 3 is 2.86 bits per heavy atom. The van der Waals surface area contributed by atoms with Gasteiger partial charge in [-0.1, -0.05) is 13.3 Å². The minimum atomic E-state index is -0.603. The number of aryl methyl sites for hydroxylation is 2. The zero-order valence-corrected chi connectivity index (χ0v) is 15.0. The predicted octanol–water partition coefficient (Wildman–Crippen LogP) is 3.68. The van der Waals surface area contributed by atoms with Crippen molar-refractivity contribution in [3.63, 3.8) is 0 Å². The molecular formula is C16H25BrN2O2. The number of Topliss-reactive ketones (excluding diaryl/α,β-unsaturated/α-hetero) is 1. The molecule has 0 N–H and O–H groups in total. The van der Waals surface area contributed by atoms with Crippen molar-refractivity contribution in [2.24, 2.45) is 5.92 Å². The van der Waals surface area contributed by atoms with Crippen LogP contribution in [0.2, 0.25) is 0 Å². The van der Waals surface area contributed by atoms with Crippen molar-refractivity contribution in [2.45, 2.75) is 65.0 Å². The molecule has 2 rings (SSSR count). The average molecular weight is 357 g/mol. The molecule has 118 valence electrons. The van der Waals surface area contributed by atoms with Gasteiger partial charge in [-0.2, -0.15) is 5.10 Å². The van der Waals surface area contributed by atoms with E-state index < -0.39 is 5.60 Å². The summed E-state index contributed by atoms with van der Waals surface area (Å²) in [5.74, 6) is 0.732. The summed E-state index contributed by atoms with van der Waals surface area (Å²) in [6.07, 6.45) is 4.31. The van der Waals surface area contributed by atoms with Gasteiger partial charge < -0.3 is 4.74 Å². The summed E-state index contributed by atoms with van der Waals surface area (Å²) >= 11 is 3.57. The first-order valence-electron chi connectivity index (χ1n) is 7.73. The minimum absolute atomic E-state index is 0.187. The zero-order chi connectivity index (χ0) is 15.6. The highest BCUT2D eigenvalue weighted by Crippen LogP contribution is 2.36. The predicted molar refractivity (Wildman–Crippen MR) is 86.4 cm³/mol. The number of hydrogen-bond acceptors (Lipinski definition) is 3. The van der Waals surface area contributed by atoms with E-state index in [1.165, 1.54) is 6.42 Å². The fourth-order valence-corrected chi connectivity index (χ4v) is 3.83. The number of ketones is 1. The molecule has 21 heavy (non-hydrogen) atoms. The largest absolute Gasteiger partial charge is 0.370 e. The van der Waals surface area contributed by atoms with Crippen LogP contribution in [0.1, 0.15) is 50.9 Å². The normalized spacial score (nSPS) is 26.0. The molecule has 0 amide bonds. The number of nitrogens with zero attached hydrogens (tertiary/aromatic N) is 2. The molecule has 5 heteroatoms. The third kappa shape index (κ3) is 3.24. The lowest BCUT2D eigenvalue weighted by Crippen LogP contribution is -2.45. The number of halogens is 1. The van der Waals surface area contributed by atoms with Crippen LogP contribution < -0.4 is 0 Å². The van der Waals surface area contributed by atoms with Gasteiger partial charge in [-0.25, -0.2) is 0 Å². The van der Waals surface area contributed by atoms with Gasteiger partial charge in [0.1, 0.15) is 5.60 Å². The van der Waals surface area contributed by atoms with Gasteiger partial charge in [0.2, 0.25) is 0 Å². The molecule has 1 heterocycles. The maximum atomic E-state index is 12.9. The first-order valence-corrected chi connectivity index (χ1v) is 8.53. The summed E-state index contributed by atoms with van der Waals surface area (Å²) in [4.78, 5) is 12.9. The second-order valence-electron chi connectivity index (χ2n) is 6.16. The van der Waals surface area contributed by atoms with Crippen LogP contribution in [-0.4, -0.2) is 28.3 Å². The zero-order valence-electron chi connectivity index (χ0n) is 13.4. The highest BCUT2D eigenvalue weighted by Gasteiger charge is 2.42. The Bertz CT molecular complexity index is 527. The Kier molecular flexibility index (Phi) is 5.25. The third-order valence-electron chi connectivity index (χ3n) is 4.64. The lowest BCUT2D eigenvalue weighted by Gasteiger charge is -2.37. The number of aromatic nitrogens is 2. The number of hydrogen-bond donors (Lipinski definition) is 0. The van der Waals surface area contributed by atoms with Crippen molar-refractivity contribution in [1.29, 1.82) is 0 Å². The number of ether oxygens (including phenoxy) is 1. The summed E-state index contributed by atoms with van der Waals surface area (Å²) < 4.78 is 8.57. The highest BCUT2D eigenvalue weighted by atomic mass is 79.9. The SMILES string of the molecule is CCn1nc(C)c(Br)c1CC(=O)C1(OC)CCCC(C)C1. The first-order chi connectivity index (χ1) is 9.93. The Hall–Kier alpha value is -0.680. The second kappa shape index (κ2) is 6.61. The molecule has 1 aromatic rings. The van der Waals surface area contributed by atoms with Crippen LogP contribution in [-0.2, 0) is 22.5 Å². The molecule has 0 aromatic carbocycles. The van der Waals surface area contributed by atoms with Crippen molar-refractivity contribution in [2.75, 3.05) is 7.11 Å². The molecule has 4 nitrogen and oxygen atoms in total. The monoisotopic (exact) mass is 356 g/mol. The molecule has 1 saturated carbocycles. The molecular weight excluding hydrogens is 332 g/mol. The molecule has 1 aromatic heterocycles. The fraction of sp³-hybridized carbons (Fsp3) is 0.750. The molecule has 0 spiro atoms. The number of carbonyl (C=O) groups excluding carboxylic acids is 1. The lowest BCUT2D eigenvalue weighted by molar-refractivity contribution is -0.146. The molecule has 0 bridgehead atoms. The highest BCUT2D eigenvalue weighted by molar-refractivity contribution is 9.10. The summed E-state index contributed by atoms with van der Waals surface area (Å²) in [6, 6.07) is 0. The molecule has 1 fully saturated rings. The van der Waals surface area contributed by atoms with Gasteiger partial charge in [0.25, 0.3) is 0 Å². The molecule has 1 aliphatic carbocycles. The summed E-state index contributed by atoms with van der Waals surface area (Å²) in [5.41, 5.74) is 1.30. The molecule has 0 saturated heterocycles. The van der Waals surface area contributed by atoms with Gasteiger partial charge in [0, 0.05) is 13.7 Å². The van der Waals surface area contributed by atoms with E-state index in [0.29, 0.717) is 12.3 Å². The topological polar surface area (TPSA) is 44.1 Å². The van der Waals surface area contributed by atoms with Gasteiger partial charge in [0.05, 0.1) is 22.3 Å². The molecule has 0 radical (unpaired) electrons. The maximum Gasteiger partial charge on any atom is 0.170 e. The van der Waals surface area contributed by atoms with E-state index in [9.17, 15) is 4.79 Å². The minimum Gasteiger partial charge on any atom is -0.370 e. The Balaban J connectivity index is 2.24. The number of methoxy groups -OCH3 is 1. The van der Waals surface area contributed by atoms with Gasteiger partial charge in [0.15, 0.2) is 5.78 Å². The smallest absolute Gasteiger partial charge is 0.170 e. The maximum absolute atomic E-state index is 12.9. The Morgan fingerprint density at radius 1 is 1.57 bits per heavy atom. The van der Waals surface area contributed by atoms with Crippen LogP contribution >= 0.6 is 15.9 Å². The molecule has 2 atom stereocenters. The van der Waals surface area contributed by atoms with Crippen LogP contribution in [0.15, 0.2) is 4.47 Å². The molecule has 0 aliphatic heterocycles. The van der Waals surface area contributed by atoms with Crippen LogP contribution in [0.5, 0.6) is 0 Å². The van der Waals surface area contributed by atoms with E-state index >= 15 is 0 Å². The summed E-state index contributed by atoms with van der Waals surface area (Å²) in [7, 11) is 1.67. The Labute approximate surface area is 135 Å². The molecule has 1 aliphatic rings. The average Bonchev–Trinajstić information content (AvgIpc) is 2.74. The standard InChI is InChI=1S/C16H25BrN2O2/c1-5-19-13(15(17)12(3)18-19)9-14(20)16(21-4)8-6-7-11(2)10-16/h11H,5-10H2,1-4H3. The number of carbonyl (C=O) groups is 1. The quantitative estimate of drug-likeness (QED) is 0.808. The van der Waals surface area contributed by atoms with Crippen LogP contribution in [0.25, 0.3) is 0 Å². The lowest BCUT2D eigenvalue weighted by atomic mass is 9.75. The third-order valence-corrected chi connectivity index (χ3v) is 5.67. The van der Waals surface area contributed by atoms with Crippen molar-refractivity contribution in [1.82, 2.24) is 9.78 Å². The molecule has 2 unspecified atom stereocenters. The van der Waals surface area contributed by atoms with Gasteiger partial charge >= 0.3 is 0 Å². The van der Waals surface area contributed by atoms with E-state index in [-0.39, 0.29) is 5.78 Å². The summed E-state index contributed by atoms with van der Waals surface area (Å²) in [6.45, 7) is 6.97. The van der Waals surface area contributed by atoms with Crippen LogP contribution in [0.4, 0.5) is 0 Å². The van der Waals surface area contributed by atoms with Gasteiger partial charge in [-0.05, 0) is 55.0 Å². The van der Waals surface area contributed by atoms with E-state index in [0.717, 1.165) is 41.7 Å². The van der Waals surface area contributed by atoms with Crippen molar-refractivity contribution >= 4 is 21.7 Å². The second-order valence-corrected chi connectivity index (χ2v) is 6.95. The van der Waals surface area contributed by atoms with E-state index in [2.05, 4.69) is 28.0 Å². The van der Waals surface area contributed by atoms with Crippen LogP contribution in [0.3, 0.4) is 0 Å². The van der Waals surface area contributed by atoms with Crippen LogP contribution in [0, 0.1) is 12.8 Å². The van der Waals surface area contributed by atoms with Crippen molar-refractivity contribution in [3.8, 4) is 0 Å².